The molecule has 0 bridgehead atoms. The molecule has 0 spiro atoms. The third-order valence-corrected chi connectivity index (χ3v) is 2.94. The quantitative estimate of drug-likeness (QED) is 0.855. The van der Waals surface area contributed by atoms with Gasteiger partial charge in [0.15, 0.2) is 0 Å². The van der Waals surface area contributed by atoms with E-state index < -0.39 is 18.0 Å². The largest absolute Gasteiger partial charge is 0.356 e. The second-order valence-corrected chi connectivity index (χ2v) is 4.29. The van der Waals surface area contributed by atoms with E-state index in [9.17, 15) is 9.59 Å². The van der Waals surface area contributed by atoms with Crippen molar-refractivity contribution in [2.24, 2.45) is 0 Å². The molecule has 0 aromatic heterocycles. The molecule has 1 heterocycles. The maximum Gasteiger partial charge on any atom is 0.356 e. The topological polar surface area (TPSA) is 58.6 Å². The Bertz CT molecular complexity index is 492. The average Bonchev–Trinajstić information content (AvgIpc) is 2.27. The molecule has 1 aliphatic heterocycles. The third kappa shape index (κ3) is 2.30. The molecule has 1 fully saturated rings. The van der Waals surface area contributed by atoms with Crippen LogP contribution in [0.2, 0.25) is 10.0 Å². The number of nitrogens with one attached hydrogen (secondary N) is 1. The minimum Gasteiger partial charge on any atom is -0.329 e. The normalized spacial score (nSPS) is 19.9. The molecule has 1 aromatic carbocycles. The standard InChI is InChI=1S/C10H8Cl2N2O3/c1-5-9(15)17-14(10(16)13-5)6-2-3-7(11)8(12)4-6/h2-5H,1H3,(H,13,16). The van der Waals surface area contributed by atoms with E-state index in [4.69, 9.17) is 28.0 Å². The zero-order chi connectivity index (χ0) is 12.6. The molecule has 17 heavy (non-hydrogen) atoms. The molecule has 1 unspecified atom stereocenters. The fraction of sp³-hybridized carbons (Fsp3) is 0.200. The van der Waals surface area contributed by atoms with Crippen LogP contribution in [0, 0.1) is 0 Å². The highest BCUT2D eigenvalue weighted by Gasteiger charge is 2.32. The van der Waals surface area contributed by atoms with Crippen molar-refractivity contribution >= 4 is 40.9 Å². The Morgan fingerprint density at radius 3 is 2.65 bits per heavy atom. The van der Waals surface area contributed by atoms with Gasteiger partial charge in [-0.1, -0.05) is 23.2 Å². The second-order valence-electron chi connectivity index (χ2n) is 3.47. The molecule has 1 aromatic rings. The molecule has 1 atom stereocenters. The van der Waals surface area contributed by atoms with Crippen molar-refractivity contribution in [3.05, 3.63) is 28.2 Å². The lowest BCUT2D eigenvalue weighted by atomic mass is 10.3. The van der Waals surface area contributed by atoms with Gasteiger partial charge in [-0.2, -0.15) is 0 Å². The van der Waals surface area contributed by atoms with Crippen molar-refractivity contribution in [3.8, 4) is 0 Å². The molecule has 90 valence electrons. The highest BCUT2D eigenvalue weighted by atomic mass is 35.5. The predicted octanol–water partition coefficient (Wildman–Crippen LogP) is 2.37. The van der Waals surface area contributed by atoms with E-state index in [0.717, 1.165) is 5.06 Å². The van der Waals surface area contributed by atoms with E-state index >= 15 is 0 Å². The number of hydrogen-bond acceptors (Lipinski definition) is 3. The van der Waals surface area contributed by atoms with Crippen molar-refractivity contribution in [1.29, 1.82) is 0 Å². The first kappa shape index (κ1) is 12.0. The molecule has 1 N–H and O–H groups in total. The third-order valence-electron chi connectivity index (χ3n) is 2.20. The number of hydroxylamine groups is 1. The van der Waals surface area contributed by atoms with Gasteiger partial charge in [-0.25, -0.2) is 9.59 Å². The summed E-state index contributed by atoms with van der Waals surface area (Å²) in [6, 6.07) is 3.28. The molecular formula is C10H8Cl2N2O3. The van der Waals surface area contributed by atoms with Crippen LogP contribution in [0.5, 0.6) is 0 Å². The fourth-order valence-corrected chi connectivity index (χ4v) is 1.59. The summed E-state index contributed by atoms with van der Waals surface area (Å²) in [5, 5.41) is 3.91. The lowest BCUT2D eigenvalue weighted by Crippen LogP contribution is -2.55. The zero-order valence-corrected chi connectivity index (χ0v) is 10.2. The average molecular weight is 275 g/mol. The Morgan fingerprint density at radius 2 is 2.00 bits per heavy atom. The molecule has 5 nitrogen and oxygen atoms in total. The smallest absolute Gasteiger partial charge is 0.329 e. The van der Waals surface area contributed by atoms with Gasteiger partial charge in [0.05, 0.1) is 15.7 Å². The van der Waals surface area contributed by atoms with Crippen LogP contribution >= 0.6 is 23.2 Å². The summed E-state index contributed by atoms with van der Waals surface area (Å²) in [5.74, 6) is -0.546. The fourth-order valence-electron chi connectivity index (χ4n) is 1.29. The van der Waals surface area contributed by atoms with Gasteiger partial charge in [-0.05, 0) is 25.1 Å². The molecule has 0 radical (unpaired) electrons. The number of hydrogen-bond donors (Lipinski definition) is 1. The Kier molecular flexibility index (Phi) is 3.13. The van der Waals surface area contributed by atoms with Crippen LogP contribution in [-0.2, 0) is 9.63 Å². The van der Waals surface area contributed by atoms with Crippen LogP contribution in [0.25, 0.3) is 0 Å². The summed E-state index contributed by atoms with van der Waals surface area (Å²) in [5.41, 5.74) is 0.331. The first-order valence-corrected chi connectivity index (χ1v) is 5.52. The maximum absolute atomic E-state index is 11.6. The molecule has 0 aliphatic carbocycles. The van der Waals surface area contributed by atoms with Crippen LogP contribution in [0.1, 0.15) is 6.92 Å². The minimum atomic E-state index is -0.665. The first-order chi connectivity index (χ1) is 7.99. The summed E-state index contributed by atoms with van der Waals surface area (Å²) in [6.07, 6.45) is 0. The number of carbonyl (C=O) groups is 2. The number of anilines is 1. The van der Waals surface area contributed by atoms with E-state index in [1.165, 1.54) is 25.1 Å². The minimum absolute atomic E-state index is 0.270. The Balaban J connectivity index is 2.30. The van der Waals surface area contributed by atoms with Crippen molar-refractivity contribution in [2.45, 2.75) is 13.0 Å². The van der Waals surface area contributed by atoms with E-state index in [-0.39, 0.29) is 5.02 Å². The molecule has 0 saturated carbocycles. The summed E-state index contributed by atoms with van der Waals surface area (Å²) in [6.45, 7) is 1.53. The van der Waals surface area contributed by atoms with Gasteiger partial charge in [-0.15, -0.1) is 5.06 Å². The highest BCUT2D eigenvalue weighted by Crippen LogP contribution is 2.28. The SMILES string of the molecule is CC1NC(=O)N(c2ccc(Cl)c(Cl)c2)OC1=O. The van der Waals surface area contributed by atoms with E-state index in [2.05, 4.69) is 5.32 Å². The number of halogens is 2. The van der Waals surface area contributed by atoms with Gasteiger partial charge < -0.3 is 10.2 Å². The number of rotatable bonds is 1. The van der Waals surface area contributed by atoms with Crippen LogP contribution in [0.15, 0.2) is 18.2 Å². The van der Waals surface area contributed by atoms with Gasteiger partial charge in [0.2, 0.25) is 0 Å². The van der Waals surface area contributed by atoms with Crippen LogP contribution < -0.4 is 10.4 Å². The molecule has 2 amide bonds. The Labute approximate surface area is 107 Å². The summed E-state index contributed by atoms with van der Waals surface area (Å²) in [4.78, 5) is 27.8. The number of urea groups is 1. The van der Waals surface area contributed by atoms with Gasteiger partial charge in [0.1, 0.15) is 6.04 Å². The molecular weight excluding hydrogens is 267 g/mol. The van der Waals surface area contributed by atoms with Crippen LogP contribution in [-0.4, -0.2) is 18.0 Å². The number of nitrogens with zero attached hydrogens (tertiary/aromatic N) is 1. The van der Waals surface area contributed by atoms with Crippen LogP contribution in [0.3, 0.4) is 0 Å². The van der Waals surface area contributed by atoms with Gasteiger partial charge in [0.25, 0.3) is 0 Å². The van der Waals surface area contributed by atoms with Crippen LogP contribution in [0.4, 0.5) is 10.5 Å². The molecule has 1 aliphatic rings. The number of carbonyl (C=O) groups excluding carboxylic acids is 2. The van der Waals surface area contributed by atoms with Crippen molar-refractivity contribution in [2.75, 3.05) is 5.06 Å². The van der Waals surface area contributed by atoms with E-state index in [1.807, 2.05) is 0 Å². The Morgan fingerprint density at radius 1 is 1.29 bits per heavy atom. The monoisotopic (exact) mass is 274 g/mol. The van der Waals surface area contributed by atoms with Crippen molar-refractivity contribution < 1.29 is 14.4 Å². The number of amides is 2. The van der Waals surface area contributed by atoms with E-state index in [1.54, 1.807) is 0 Å². The van der Waals surface area contributed by atoms with E-state index in [0.29, 0.717) is 10.7 Å². The Hall–Kier alpha value is -1.46. The second kappa shape index (κ2) is 4.43. The lowest BCUT2D eigenvalue weighted by molar-refractivity contribution is -0.147. The number of benzene rings is 1. The highest BCUT2D eigenvalue weighted by molar-refractivity contribution is 6.42. The van der Waals surface area contributed by atoms with Crippen molar-refractivity contribution in [3.63, 3.8) is 0 Å². The summed E-state index contributed by atoms with van der Waals surface area (Å²) < 4.78 is 0. The summed E-state index contributed by atoms with van der Waals surface area (Å²) >= 11 is 11.6. The molecule has 1 saturated heterocycles. The molecule has 2 rings (SSSR count). The van der Waals surface area contributed by atoms with Gasteiger partial charge >= 0.3 is 12.0 Å². The summed E-state index contributed by atoms with van der Waals surface area (Å²) in [7, 11) is 0. The maximum atomic E-state index is 11.6. The van der Waals surface area contributed by atoms with Gasteiger partial charge in [0, 0.05) is 0 Å². The lowest BCUT2D eigenvalue weighted by Gasteiger charge is -2.28. The van der Waals surface area contributed by atoms with Gasteiger partial charge in [-0.3, -0.25) is 0 Å². The predicted molar refractivity (Wildman–Crippen MR) is 63.0 cm³/mol. The zero-order valence-electron chi connectivity index (χ0n) is 8.74. The van der Waals surface area contributed by atoms with Crippen molar-refractivity contribution in [1.82, 2.24) is 5.32 Å². The molecule has 7 heteroatoms. The first-order valence-electron chi connectivity index (χ1n) is 4.76.